The second kappa shape index (κ2) is 5.93. The Balaban J connectivity index is 1.77. The van der Waals surface area contributed by atoms with E-state index in [0.717, 1.165) is 30.4 Å². The molecule has 0 bridgehead atoms. The van der Waals surface area contributed by atoms with E-state index in [1.165, 1.54) is 22.9 Å². The fourth-order valence-electron chi connectivity index (χ4n) is 2.34. The quantitative estimate of drug-likeness (QED) is 0.815. The summed E-state index contributed by atoms with van der Waals surface area (Å²) in [5.41, 5.74) is 3.55. The van der Waals surface area contributed by atoms with Crippen LogP contribution in [0.15, 0.2) is 35.7 Å². The molecule has 3 rings (SSSR count). The van der Waals surface area contributed by atoms with Gasteiger partial charge in [-0.1, -0.05) is 23.9 Å². The van der Waals surface area contributed by atoms with Gasteiger partial charge in [-0.05, 0) is 37.5 Å². The summed E-state index contributed by atoms with van der Waals surface area (Å²) in [4.78, 5) is 18.3. The first-order valence-corrected chi connectivity index (χ1v) is 8.15. The minimum atomic E-state index is 0.210. The second-order valence-corrected chi connectivity index (χ2v) is 6.34. The van der Waals surface area contributed by atoms with Gasteiger partial charge in [0.2, 0.25) is 5.91 Å². The maximum atomic E-state index is 12.0. The van der Waals surface area contributed by atoms with E-state index in [9.17, 15) is 4.79 Å². The van der Waals surface area contributed by atoms with Crippen molar-refractivity contribution in [2.24, 2.45) is 0 Å². The van der Waals surface area contributed by atoms with E-state index in [1.54, 1.807) is 6.20 Å². The molecule has 1 aliphatic heterocycles. The largest absolute Gasteiger partial charge is 0.342 e. The molecular weight excluding hydrogens is 282 g/mol. The van der Waals surface area contributed by atoms with Gasteiger partial charge in [-0.25, -0.2) is 4.98 Å². The fraction of sp³-hybridized carbons (Fsp3) is 0.375. The van der Waals surface area contributed by atoms with Crippen LogP contribution in [0.5, 0.6) is 0 Å². The van der Waals surface area contributed by atoms with Gasteiger partial charge in [-0.15, -0.1) is 0 Å². The molecule has 2 aromatic rings. The number of carbonyl (C=O) groups excluding carboxylic acids is 1. The lowest BCUT2D eigenvalue weighted by molar-refractivity contribution is -0.131. The molecule has 0 radical (unpaired) electrons. The zero-order chi connectivity index (χ0) is 14.8. The number of rotatable bonds is 4. The van der Waals surface area contributed by atoms with Gasteiger partial charge in [0.25, 0.3) is 0 Å². The summed E-state index contributed by atoms with van der Waals surface area (Å²) >= 11 is 1.51. The van der Waals surface area contributed by atoms with Gasteiger partial charge in [0, 0.05) is 25.5 Å². The highest BCUT2D eigenvalue weighted by Gasteiger charge is 2.20. The number of aromatic nitrogens is 2. The highest BCUT2D eigenvalue weighted by Crippen LogP contribution is 2.24. The van der Waals surface area contributed by atoms with Crippen molar-refractivity contribution >= 4 is 17.7 Å². The Kier molecular flexibility index (Phi) is 4.01. The second-order valence-electron chi connectivity index (χ2n) is 5.39. The monoisotopic (exact) mass is 301 g/mol. The molecule has 21 heavy (non-hydrogen) atoms. The Morgan fingerprint density at radius 1 is 1.33 bits per heavy atom. The number of benzene rings is 1. The number of hydrogen-bond donors (Lipinski definition) is 0. The van der Waals surface area contributed by atoms with Gasteiger partial charge in [0.1, 0.15) is 0 Å². The minimum Gasteiger partial charge on any atom is -0.342 e. The Labute approximate surface area is 129 Å². The molecule has 1 aliphatic rings. The average molecular weight is 301 g/mol. The normalized spacial score (nSPS) is 14.1. The Morgan fingerprint density at radius 2 is 2.14 bits per heavy atom. The summed E-state index contributed by atoms with van der Waals surface area (Å²) in [6, 6.07) is 6.37. The summed E-state index contributed by atoms with van der Waals surface area (Å²) in [6.45, 7) is 5.99. The zero-order valence-electron chi connectivity index (χ0n) is 12.4. The molecule has 0 atom stereocenters. The van der Waals surface area contributed by atoms with E-state index in [0.29, 0.717) is 5.75 Å². The van der Waals surface area contributed by atoms with Crippen LogP contribution in [0, 0.1) is 13.8 Å². The molecule has 1 saturated heterocycles. The van der Waals surface area contributed by atoms with Crippen LogP contribution < -0.4 is 0 Å². The maximum absolute atomic E-state index is 12.0. The van der Waals surface area contributed by atoms with Crippen molar-refractivity contribution in [1.82, 2.24) is 14.5 Å². The number of imidazole rings is 1. The van der Waals surface area contributed by atoms with E-state index >= 15 is 0 Å². The zero-order valence-corrected chi connectivity index (χ0v) is 13.2. The molecule has 5 heteroatoms. The number of likely N-dealkylation sites (tertiary alicyclic amines) is 1. The number of thioether (sulfide) groups is 1. The van der Waals surface area contributed by atoms with Gasteiger partial charge in [-0.2, -0.15) is 0 Å². The molecule has 0 unspecified atom stereocenters. The molecule has 1 aromatic carbocycles. The van der Waals surface area contributed by atoms with Crippen LogP contribution in [0.2, 0.25) is 0 Å². The van der Waals surface area contributed by atoms with Crippen molar-refractivity contribution in [3.8, 4) is 5.69 Å². The van der Waals surface area contributed by atoms with Crippen molar-refractivity contribution in [3.63, 3.8) is 0 Å². The molecule has 2 heterocycles. The number of hydrogen-bond acceptors (Lipinski definition) is 3. The lowest BCUT2D eigenvalue weighted by Gasteiger charge is -2.30. The van der Waals surface area contributed by atoms with Crippen LogP contribution in [0.25, 0.3) is 5.69 Å². The van der Waals surface area contributed by atoms with E-state index in [1.807, 2.05) is 11.1 Å². The van der Waals surface area contributed by atoms with Crippen molar-refractivity contribution < 1.29 is 4.79 Å². The molecule has 1 amide bonds. The van der Waals surface area contributed by atoms with Gasteiger partial charge < -0.3 is 4.90 Å². The topological polar surface area (TPSA) is 38.1 Å². The van der Waals surface area contributed by atoms with Gasteiger partial charge in [0.15, 0.2) is 5.16 Å². The molecule has 0 aliphatic carbocycles. The van der Waals surface area contributed by atoms with Gasteiger partial charge in [-0.3, -0.25) is 9.36 Å². The maximum Gasteiger partial charge on any atom is 0.233 e. The van der Waals surface area contributed by atoms with Crippen LogP contribution in [0.3, 0.4) is 0 Å². The SMILES string of the molecule is Cc1ccc(C)c(-n2ccnc2SCC(=O)N2CCC2)c1. The van der Waals surface area contributed by atoms with Crippen LogP contribution in [0.1, 0.15) is 17.5 Å². The third-order valence-corrected chi connectivity index (χ3v) is 4.72. The summed E-state index contributed by atoms with van der Waals surface area (Å²) in [5, 5.41) is 0.873. The lowest BCUT2D eigenvalue weighted by atomic mass is 10.1. The Hall–Kier alpha value is -1.75. The van der Waals surface area contributed by atoms with Gasteiger partial charge >= 0.3 is 0 Å². The predicted molar refractivity (Wildman–Crippen MR) is 85.0 cm³/mol. The molecule has 0 N–H and O–H groups in total. The smallest absolute Gasteiger partial charge is 0.233 e. The molecule has 110 valence electrons. The Morgan fingerprint density at radius 3 is 2.86 bits per heavy atom. The van der Waals surface area contributed by atoms with E-state index in [4.69, 9.17) is 0 Å². The molecule has 0 spiro atoms. The number of amides is 1. The number of aryl methyl sites for hydroxylation is 2. The molecule has 4 nitrogen and oxygen atoms in total. The summed E-state index contributed by atoms with van der Waals surface area (Å²) in [6.07, 6.45) is 4.88. The fourth-order valence-corrected chi connectivity index (χ4v) is 3.21. The third kappa shape index (κ3) is 2.97. The van der Waals surface area contributed by atoms with Crippen LogP contribution >= 0.6 is 11.8 Å². The number of carbonyl (C=O) groups is 1. The third-order valence-electron chi connectivity index (χ3n) is 3.76. The standard InChI is InChI=1S/C16H19N3OS/c1-12-4-5-13(2)14(10-12)19-9-6-17-16(19)21-11-15(20)18-7-3-8-18/h4-6,9-10H,3,7-8,11H2,1-2H3. The minimum absolute atomic E-state index is 0.210. The van der Waals surface area contributed by atoms with Crippen molar-refractivity contribution in [2.75, 3.05) is 18.8 Å². The summed E-state index contributed by atoms with van der Waals surface area (Å²) in [7, 11) is 0. The first-order valence-electron chi connectivity index (χ1n) is 7.17. The lowest BCUT2D eigenvalue weighted by Crippen LogP contribution is -2.43. The number of nitrogens with zero attached hydrogens (tertiary/aromatic N) is 3. The van der Waals surface area contributed by atoms with Gasteiger partial charge in [0.05, 0.1) is 11.4 Å². The van der Waals surface area contributed by atoms with Crippen molar-refractivity contribution in [1.29, 1.82) is 0 Å². The molecule has 1 aromatic heterocycles. The van der Waals surface area contributed by atoms with E-state index in [-0.39, 0.29) is 5.91 Å². The van der Waals surface area contributed by atoms with E-state index < -0.39 is 0 Å². The summed E-state index contributed by atoms with van der Waals surface area (Å²) in [5.74, 6) is 0.670. The van der Waals surface area contributed by atoms with Crippen molar-refractivity contribution in [2.45, 2.75) is 25.4 Å². The van der Waals surface area contributed by atoms with Crippen LogP contribution in [-0.2, 0) is 4.79 Å². The average Bonchev–Trinajstić information content (AvgIpc) is 2.85. The first-order chi connectivity index (χ1) is 10.1. The van der Waals surface area contributed by atoms with Crippen molar-refractivity contribution in [3.05, 3.63) is 41.7 Å². The molecule has 0 saturated carbocycles. The predicted octanol–water partition coefficient (Wildman–Crippen LogP) is 2.81. The molecule has 1 fully saturated rings. The summed E-state index contributed by atoms with van der Waals surface area (Å²) < 4.78 is 2.07. The highest BCUT2D eigenvalue weighted by atomic mass is 32.2. The highest BCUT2D eigenvalue weighted by molar-refractivity contribution is 7.99. The molecular formula is C16H19N3OS. The van der Waals surface area contributed by atoms with Crippen LogP contribution in [-0.4, -0.2) is 39.2 Å². The van der Waals surface area contributed by atoms with E-state index in [2.05, 4.69) is 41.6 Å². The Bertz CT molecular complexity index is 661. The first kappa shape index (κ1) is 14.2. The van der Waals surface area contributed by atoms with Crippen LogP contribution in [0.4, 0.5) is 0 Å².